The van der Waals surface area contributed by atoms with E-state index in [4.69, 9.17) is 4.74 Å². The summed E-state index contributed by atoms with van der Waals surface area (Å²) in [6, 6.07) is 12.3. The van der Waals surface area contributed by atoms with Crippen LogP contribution < -0.4 is 4.74 Å². The van der Waals surface area contributed by atoms with E-state index in [0.717, 1.165) is 30.4 Å². The van der Waals surface area contributed by atoms with Crippen LogP contribution in [0.15, 0.2) is 54.2 Å². The summed E-state index contributed by atoms with van der Waals surface area (Å²) in [5.74, 6) is 0.642. The molecule has 3 nitrogen and oxygen atoms in total. The zero-order chi connectivity index (χ0) is 20.3. The van der Waals surface area contributed by atoms with Crippen LogP contribution in [0.5, 0.6) is 5.88 Å². The van der Waals surface area contributed by atoms with E-state index < -0.39 is 0 Å². The van der Waals surface area contributed by atoms with E-state index in [9.17, 15) is 4.79 Å². The van der Waals surface area contributed by atoms with Crippen LogP contribution in [0.4, 0.5) is 0 Å². The van der Waals surface area contributed by atoms with Gasteiger partial charge < -0.3 is 4.74 Å². The normalized spacial score (nSPS) is 17.4. The van der Waals surface area contributed by atoms with Crippen molar-refractivity contribution in [2.75, 3.05) is 0 Å². The molecule has 0 amide bonds. The van der Waals surface area contributed by atoms with Gasteiger partial charge in [-0.3, -0.25) is 4.79 Å². The minimum absolute atomic E-state index is 0.0730. The molecule has 2 aromatic rings. The third-order valence-corrected chi connectivity index (χ3v) is 5.56. The molecule has 1 heterocycles. The Bertz CT molecular complexity index is 840. The second-order valence-corrected chi connectivity index (χ2v) is 9.03. The lowest BCUT2D eigenvalue weighted by Gasteiger charge is -2.28. The molecule has 148 valence electrons. The lowest BCUT2D eigenvalue weighted by atomic mass is 9.77. The first-order valence-corrected chi connectivity index (χ1v) is 10.2. The molecule has 1 aliphatic rings. The average molecular weight is 378 g/mol. The number of aromatic nitrogens is 1. The lowest BCUT2D eigenvalue weighted by Crippen LogP contribution is -2.24. The Morgan fingerprint density at radius 2 is 1.75 bits per heavy atom. The van der Waals surface area contributed by atoms with Gasteiger partial charge in [0.2, 0.25) is 5.88 Å². The summed E-state index contributed by atoms with van der Waals surface area (Å²) in [6.45, 7) is 11.0. The minimum atomic E-state index is -0.175. The molecule has 0 N–H and O–H groups in total. The molecule has 28 heavy (non-hydrogen) atoms. The first kappa shape index (κ1) is 20.3. The fourth-order valence-corrected chi connectivity index (χ4v) is 3.59. The van der Waals surface area contributed by atoms with Gasteiger partial charge in [0.05, 0.1) is 5.92 Å². The highest BCUT2D eigenvalue weighted by Crippen LogP contribution is 2.35. The number of rotatable bonds is 4. The number of carbonyl (C=O) groups is 1. The molecule has 0 radical (unpaired) electrons. The quantitative estimate of drug-likeness (QED) is 0.448. The zero-order valence-corrected chi connectivity index (χ0v) is 17.7. The summed E-state index contributed by atoms with van der Waals surface area (Å²) in [7, 11) is 0. The van der Waals surface area contributed by atoms with Crippen LogP contribution in [0.25, 0.3) is 11.1 Å². The van der Waals surface area contributed by atoms with Crippen molar-refractivity contribution >= 4 is 5.97 Å². The molecule has 3 rings (SSSR count). The maximum atomic E-state index is 12.5. The largest absolute Gasteiger partial charge is 0.407 e. The maximum absolute atomic E-state index is 12.5. The number of benzene rings is 1. The number of esters is 1. The van der Waals surface area contributed by atoms with Gasteiger partial charge >= 0.3 is 5.97 Å². The van der Waals surface area contributed by atoms with Gasteiger partial charge in [0.1, 0.15) is 0 Å². The standard InChI is InChI=1S/C25H31NO2/c1-17(2)18-6-8-19(9-7-18)21-12-15-23(26-16-21)28-24(27)20-10-13-22(14-11-20)25(3,4)5/h6-9,12-13,15-17,20H,10-11,14H2,1-5H3. The maximum Gasteiger partial charge on any atom is 0.315 e. The fourth-order valence-electron chi connectivity index (χ4n) is 3.59. The van der Waals surface area contributed by atoms with Gasteiger partial charge in [0.25, 0.3) is 0 Å². The van der Waals surface area contributed by atoms with E-state index in [1.54, 1.807) is 12.3 Å². The first-order valence-electron chi connectivity index (χ1n) is 10.2. The van der Waals surface area contributed by atoms with E-state index >= 15 is 0 Å². The molecule has 1 aromatic carbocycles. The topological polar surface area (TPSA) is 39.2 Å². The Morgan fingerprint density at radius 3 is 2.25 bits per heavy atom. The summed E-state index contributed by atoms with van der Waals surface area (Å²) < 4.78 is 5.54. The summed E-state index contributed by atoms with van der Waals surface area (Å²) in [4.78, 5) is 16.8. The van der Waals surface area contributed by atoms with Crippen molar-refractivity contribution in [3.63, 3.8) is 0 Å². The molecule has 0 spiro atoms. The van der Waals surface area contributed by atoms with Gasteiger partial charge in [-0.05, 0) is 47.8 Å². The summed E-state index contributed by atoms with van der Waals surface area (Å²) in [5.41, 5.74) is 5.06. The van der Waals surface area contributed by atoms with Crippen LogP contribution in [-0.4, -0.2) is 11.0 Å². The van der Waals surface area contributed by atoms with E-state index in [-0.39, 0.29) is 17.3 Å². The summed E-state index contributed by atoms with van der Waals surface area (Å²) in [5, 5.41) is 0. The highest BCUT2D eigenvalue weighted by molar-refractivity contribution is 5.75. The van der Waals surface area contributed by atoms with Crippen LogP contribution in [0.3, 0.4) is 0 Å². The van der Waals surface area contributed by atoms with Gasteiger partial charge in [0, 0.05) is 17.8 Å². The van der Waals surface area contributed by atoms with Crippen molar-refractivity contribution in [1.82, 2.24) is 4.98 Å². The Kier molecular flexibility index (Phi) is 6.02. The van der Waals surface area contributed by atoms with Gasteiger partial charge in [-0.15, -0.1) is 0 Å². The highest BCUT2D eigenvalue weighted by Gasteiger charge is 2.27. The van der Waals surface area contributed by atoms with Crippen molar-refractivity contribution in [2.45, 2.75) is 59.8 Å². The molecule has 0 saturated heterocycles. The molecule has 1 unspecified atom stereocenters. The van der Waals surface area contributed by atoms with Crippen LogP contribution in [0.1, 0.15) is 65.4 Å². The van der Waals surface area contributed by atoms with Gasteiger partial charge in [-0.1, -0.05) is 70.5 Å². The molecule has 0 bridgehead atoms. The van der Waals surface area contributed by atoms with Gasteiger partial charge in [-0.2, -0.15) is 0 Å². The van der Waals surface area contributed by atoms with Crippen molar-refractivity contribution in [1.29, 1.82) is 0 Å². The fraction of sp³-hybridized carbons (Fsp3) is 0.440. The Labute approximate surface area is 168 Å². The summed E-state index contributed by atoms with van der Waals surface area (Å²) >= 11 is 0. The van der Waals surface area contributed by atoms with Gasteiger partial charge in [-0.25, -0.2) is 4.98 Å². The van der Waals surface area contributed by atoms with Crippen molar-refractivity contribution in [3.05, 3.63) is 59.8 Å². The van der Waals surface area contributed by atoms with Gasteiger partial charge in [0.15, 0.2) is 0 Å². The molecule has 1 atom stereocenters. The first-order chi connectivity index (χ1) is 13.2. The lowest BCUT2D eigenvalue weighted by molar-refractivity contribution is -0.139. The van der Waals surface area contributed by atoms with Crippen LogP contribution in [0, 0.1) is 11.3 Å². The predicted octanol–water partition coefficient (Wildman–Crippen LogP) is 6.55. The number of carbonyl (C=O) groups excluding carboxylic acids is 1. The average Bonchev–Trinajstić information content (AvgIpc) is 2.68. The Balaban J connectivity index is 1.61. The Hall–Kier alpha value is -2.42. The number of nitrogens with zero attached hydrogens (tertiary/aromatic N) is 1. The van der Waals surface area contributed by atoms with Crippen molar-refractivity contribution in [2.24, 2.45) is 11.3 Å². The van der Waals surface area contributed by atoms with Crippen LogP contribution in [0.2, 0.25) is 0 Å². The van der Waals surface area contributed by atoms with Crippen molar-refractivity contribution < 1.29 is 9.53 Å². The molecule has 0 aliphatic heterocycles. The number of hydrogen-bond donors (Lipinski definition) is 0. The van der Waals surface area contributed by atoms with E-state index in [0.29, 0.717) is 11.8 Å². The number of ether oxygens (including phenoxy) is 1. The Morgan fingerprint density at radius 1 is 1.07 bits per heavy atom. The minimum Gasteiger partial charge on any atom is -0.407 e. The summed E-state index contributed by atoms with van der Waals surface area (Å²) in [6.07, 6.45) is 6.55. The zero-order valence-electron chi connectivity index (χ0n) is 17.7. The van der Waals surface area contributed by atoms with E-state index in [1.165, 1.54) is 11.1 Å². The number of hydrogen-bond acceptors (Lipinski definition) is 3. The molecular weight excluding hydrogens is 346 g/mol. The molecule has 3 heteroatoms. The molecule has 0 fully saturated rings. The highest BCUT2D eigenvalue weighted by atomic mass is 16.5. The molecule has 1 aliphatic carbocycles. The predicted molar refractivity (Wildman–Crippen MR) is 114 cm³/mol. The molecular formula is C25H31NO2. The smallest absolute Gasteiger partial charge is 0.315 e. The van der Waals surface area contributed by atoms with Crippen LogP contribution >= 0.6 is 0 Å². The monoisotopic (exact) mass is 377 g/mol. The third-order valence-electron chi connectivity index (χ3n) is 5.56. The molecule has 0 saturated carbocycles. The number of allylic oxidation sites excluding steroid dienone is 2. The third kappa shape index (κ3) is 4.89. The van der Waals surface area contributed by atoms with E-state index in [2.05, 4.69) is 69.9 Å². The SMILES string of the molecule is CC(C)c1ccc(-c2ccc(OC(=O)C3CC=C(C(C)(C)C)CC3)nc2)cc1. The second-order valence-electron chi connectivity index (χ2n) is 9.03. The van der Waals surface area contributed by atoms with E-state index in [1.807, 2.05) is 6.07 Å². The van der Waals surface area contributed by atoms with Crippen LogP contribution in [-0.2, 0) is 4.79 Å². The molecule has 1 aromatic heterocycles. The van der Waals surface area contributed by atoms with Crippen molar-refractivity contribution in [3.8, 4) is 17.0 Å². The second kappa shape index (κ2) is 8.30. The number of pyridine rings is 1.